The smallest absolute Gasteiger partial charge is 0.173 e. The van der Waals surface area contributed by atoms with Gasteiger partial charge in [-0.25, -0.2) is 0 Å². The molecule has 3 heteroatoms. The van der Waals surface area contributed by atoms with Crippen molar-refractivity contribution < 1.29 is 14.9 Å². The lowest BCUT2D eigenvalue weighted by molar-refractivity contribution is -0.270. The van der Waals surface area contributed by atoms with Gasteiger partial charge >= 0.3 is 0 Å². The predicted molar refractivity (Wildman–Crippen MR) is 68.8 cm³/mol. The summed E-state index contributed by atoms with van der Waals surface area (Å²) in [4.78, 5) is 0. The number of hydrogen-bond acceptors (Lipinski definition) is 3. The number of aliphatic hydroxyl groups excluding tert-OH is 1. The molecule has 3 aliphatic rings. The van der Waals surface area contributed by atoms with E-state index in [0.29, 0.717) is 18.3 Å². The van der Waals surface area contributed by atoms with Crippen LogP contribution in [0, 0.1) is 23.7 Å². The molecule has 1 saturated carbocycles. The van der Waals surface area contributed by atoms with Crippen LogP contribution in [0.1, 0.15) is 39.5 Å². The summed E-state index contributed by atoms with van der Waals surface area (Å²) in [6.45, 7) is 8.53. The summed E-state index contributed by atoms with van der Waals surface area (Å²) < 4.78 is 6.20. The van der Waals surface area contributed by atoms with Crippen molar-refractivity contribution in [1.29, 1.82) is 0 Å². The summed E-state index contributed by atoms with van der Waals surface area (Å²) in [6.07, 6.45) is 3.70. The summed E-state index contributed by atoms with van der Waals surface area (Å²) in [5.41, 5.74) is 0.943. The van der Waals surface area contributed by atoms with Crippen LogP contribution in [0.15, 0.2) is 12.2 Å². The fourth-order valence-corrected chi connectivity index (χ4v) is 4.65. The van der Waals surface area contributed by atoms with Crippen molar-refractivity contribution in [1.82, 2.24) is 0 Å². The quantitative estimate of drug-likeness (QED) is 0.740. The van der Waals surface area contributed by atoms with Crippen molar-refractivity contribution in [2.45, 2.75) is 50.9 Å². The first-order valence-electron chi connectivity index (χ1n) is 7.14. The van der Waals surface area contributed by atoms with Gasteiger partial charge in [-0.15, -0.1) is 0 Å². The molecular formula is C15H24O3. The molecule has 0 aromatic carbocycles. The fourth-order valence-electron chi connectivity index (χ4n) is 4.65. The van der Waals surface area contributed by atoms with Crippen LogP contribution in [0.2, 0.25) is 0 Å². The summed E-state index contributed by atoms with van der Waals surface area (Å²) in [5, 5.41) is 20.2. The number of rotatable bonds is 2. The lowest BCUT2D eigenvalue weighted by atomic mass is 9.77. The van der Waals surface area contributed by atoms with E-state index in [1.54, 1.807) is 0 Å². The van der Waals surface area contributed by atoms with Gasteiger partial charge in [0.2, 0.25) is 0 Å². The largest absolute Gasteiger partial charge is 0.396 e. The Morgan fingerprint density at radius 2 is 2.22 bits per heavy atom. The van der Waals surface area contributed by atoms with Gasteiger partial charge in [0.05, 0.1) is 5.60 Å². The van der Waals surface area contributed by atoms with Gasteiger partial charge in [-0.2, -0.15) is 0 Å². The molecule has 1 spiro atoms. The van der Waals surface area contributed by atoms with Gasteiger partial charge in [0.1, 0.15) is 0 Å². The zero-order chi connectivity index (χ0) is 13.1. The van der Waals surface area contributed by atoms with Crippen molar-refractivity contribution in [2.24, 2.45) is 23.7 Å². The Labute approximate surface area is 109 Å². The average molecular weight is 252 g/mol. The monoisotopic (exact) mass is 252 g/mol. The molecule has 3 rings (SSSR count). The van der Waals surface area contributed by atoms with E-state index in [1.165, 1.54) is 0 Å². The maximum Gasteiger partial charge on any atom is 0.173 e. The summed E-state index contributed by atoms with van der Waals surface area (Å²) >= 11 is 0. The zero-order valence-corrected chi connectivity index (χ0v) is 11.4. The molecule has 18 heavy (non-hydrogen) atoms. The van der Waals surface area contributed by atoms with Gasteiger partial charge in [0.15, 0.2) is 5.79 Å². The molecule has 0 aromatic heterocycles. The molecule has 1 aliphatic carbocycles. The molecule has 0 amide bonds. The summed E-state index contributed by atoms with van der Waals surface area (Å²) in [7, 11) is 0. The van der Waals surface area contributed by atoms with Crippen molar-refractivity contribution in [3.8, 4) is 0 Å². The molecule has 102 valence electrons. The first-order chi connectivity index (χ1) is 8.43. The van der Waals surface area contributed by atoms with Crippen molar-refractivity contribution in [2.75, 3.05) is 6.61 Å². The van der Waals surface area contributed by atoms with Crippen LogP contribution < -0.4 is 0 Å². The third kappa shape index (κ3) is 1.41. The maximum absolute atomic E-state index is 10.8. The highest BCUT2D eigenvalue weighted by Gasteiger charge is 2.66. The van der Waals surface area contributed by atoms with Crippen LogP contribution in [0.5, 0.6) is 0 Å². The highest BCUT2D eigenvalue weighted by Crippen LogP contribution is 2.63. The molecule has 3 nitrogen and oxygen atoms in total. The van der Waals surface area contributed by atoms with Crippen molar-refractivity contribution in [3.63, 3.8) is 0 Å². The maximum atomic E-state index is 10.8. The van der Waals surface area contributed by atoms with Crippen LogP contribution in [0.4, 0.5) is 0 Å². The van der Waals surface area contributed by atoms with E-state index in [-0.39, 0.29) is 24.0 Å². The summed E-state index contributed by atoms with van der Waals surface area (Å²) in [5.74, 6) is -0.0990. The molecule has 2 saturated heterocycles. The van der Waals surface area contributed by atoms with Gasteiger partial charge in [-0.3, -0.25) is 0 Å². The highest BCUT2D eigenvalue weighted by molar-refractivity contribution is 5.24. The molecule has 6 atom stereocenters. The van der Waals surface area contributed by atoms with E-state index in [1.807, 2.05) is 6.92 Å². The molecular weight excluding hydrogens is 228 g/mol. The van der Waals surface area contributed by atoms with Gasteiger partial charge < -0.3 is 14.9 Å². The van der Waals surface area contributed by atoms with E-state index >= 15 is 0 Å². The Morgan fingerprint density at radius 1 is 1.50 bits per heavy atom. The van der Waals surface area contributed by atoms with Crippen molar-refractivity contribution in [3.05, 3.63) is 12.2 Å². The lowest BCUT2D eigenvalue weighted by Gasteiger charge is -2.43. The standard InChI is InChI=1S/C15H24O3/c1-9-6-15(17)13(10(2)8-16)7-14(18-15)11(3)4-5-12(9)14/h10-13,16-17H,1,4-8H2,2-3H3/t10?,11-,12-,13-,14-,15+/m0/s1. The normalized spacial score (nSPS) is 52.4. The fraction of sp³-hybridized carbons (Fsp3) is 0.867. The van der Waals surface area contributed by atoms with Crippen molar-refractivity contribution >= 4 is 0 Å². The Balaban J connectivity index is 2.00. The third-order valence-electron chi connectivity index (χ3n) is 5.75. The second-order valence-electron chi connectivity index (χ2n) is 6.74. The van der Waals surface area contributed by atoms with E-state index in [4.69, 9.17) is 4.74 Å². The Hall–Kier alpha value is -0.380. The van der Waals surface area contributed by atoms with Crippen LogP contribution in [-0.4, -0.2) is 28.2 Å². The molecule has 3 fully saturated rings. The van der Waals surface area contributed by atoms with Gasteiger partial charge in [0.25, 0.3) is 0 Å². The summed E-state index contributed by atoms with van der Waals surface area (Å²) in [6, 6.07) is 0. The minimum Gasteiger partial charge on any atom is -0.396 e. The predicted octanol–water partition coefficient (Wildman–Crippen LogP) is 2.08. The van der Waals surface area contributed by atoms with E-state index < -0.39 is 5.79 Å². The zero-order valence-electron chi connectivity index (χ0n) is 11.4. The van der Waals surface area contributed by atoms with Crippen LogP contribution >= 0.6 is 0 Å². The number of aliphatic hydroxyl groups is 2. The van der Waals surface area contributed by atoms with Crippen LogP contribution in [0.3, 0.4) is 0 Å². The van der Waals surface area contributed by atoms with Crippen LogP contribution in [-0.2, 0) is 4.74 Å². The molecule has 1 unspecified atom stereocenters. The molecule has 0 aromatic rings. The van der Waals surface area contributed by atoms with Gasteiger partial charge in [-0.1, -0.05) is 26.0 Å². The first-order valence-corrected chi connectivity index (χ1v) is 7.14. The van der Waals surface area contributed by atoms with Crippen LogP contribution in [0.25, 0.3) is 0 Å². The Kier molecular flexibility index (Phi) is 2.68. The second kappa shape index (κ2) is 3.81. The highest BCUT2D eigenvalue weighted by atomic mass is 16.6. The lowest BCUT2D eigenvalue weighted by Crippen LogP contribution is -2.48. The van der Waals surface area contributed by atoms with E-state index in [2.05, 4.69) is 13.5 Å². The molecule has 2 N–H and O–H groups in total. The second-order valence-corrected chi connectivity index (χ2v) is 6.74. The van der Waals surface area contributed by atoms with Gasteiger partial charge in [-0.05, 0) is 31.1 Å². The van der Waals surface area contributed by atoms with E-state index in [9.17, 15) is 10.2 Å². The number of fused-ring (bicyclic) bond motifs is 1. The first kappa shape index (κ1) is 12.6. The van der Waals surface area contributed by atoms with Gasteiger partial charge in [0, 0.05) is 24.9 Å². The number of hydrogen-bond donors (Lipinski definition) is 2. The SMILES string of the molecule is C=C1C[C@@]2(O)O[C@@]3(C[C@H]2C(C)CO)[C@@H](C)CC[C@@H]13. The minimum atomic E-state index is -1.09. The Morgan fingerprint density at radius 3 is 2.89 bits per heavy atom. The molecule has 2 heterocycles. The molecule has 2 bridgehead atoms. The topological polar surface area (TPSA) is 49.7 Å². The minimum absolute atomic E-state index is 0.0322. The number of ether oxygens (including phenoxy) is 1. The van der Waals surface area contributed by atoms with E-state index in [0.717, 1.165) is 24.8 Å². The Bertz CT molecular complexity index is 380. The molecule has 0 radical (unpaired) electrons. The average Bonchev–Trinajstić information content (AvgIpc) is 2.76. The molecule has 2 aliphatic heterocycles. The third-order valence-corrected chi connectivity index (χ3v) is 5.75.